The zero-order chi connectivity index (χ0) is 24.4. The highest BCUT2D eigenvalue weighted by molar-refractivity contribution is 14.1. The van der Waals surface area contributed by atoms with Crippen LogP contribution >= 0.6 is 45.3 Å². The van der Waals surface area contributed by atoms with Gasteiger partial charge in [0, 0.05) is 4.88 Å². The quantitative estimate of drug-likeness (QED) is 0.300. The van der Waals surface area contributed by atoms with Crippen molar-refractivity contribution in [2.75, 3.05) is 20.3 Å². The highest BCUT2D eigenvalue weighted by atomic mass is 127. The Morgan fingerprint density at radius 2 is 2.09 bits per heavy atom. The molecular weight excluding hydrogens is 587 g/mol. The number of thiazole rings is 1. The Bertz CT molecular complexity index is 1440. The molecule has 0 aliphatic carbocycles. The van der Waals surface area contributed by atoms with Crippen LogP contribution in [0.15, 0.2) is 50.7 Å². The Morgan fingerprint density at radius 1 is 1.29 bits per heavy atom. The first-order valence-corrected chi connectivity index (χ1v) is 13.4. The van der Waals surface area contributed by atoms with E-state index in [1.165, 1.54) is 22.7 Å². The van der Waals surface area contributed by atoms with Crippen molar-refractivity contribution < 1.29 is 19.0 Å². The van der Waals surface area contributed by atoms with E-state index in [1.54, 1.807) is 25.5 Å². The molecule has 4 rings (SSSR count). The number of allylic oxidation sites excluding steroid dienone is 1. The van der Waals surface area contributed by atoms with E-state index in [9.17, 15) is 9.59 Å². The highest BCUT2D eigenvalue weighted by Crippen LogP contribution is 2.35. The van der Waals surface area contributed by atoms with Crippen molar-refractivity contribution in [1.82, 2.24) is 4.57 Å². The van der Waals surface area contributed by atoms with Gasteiger partial charge in [-0.05, 0) is 78.6 Å². The maximum Gasteiger partial charge on any atom is 0.338 e. The van der Waals surface area contributed by atoms with Crippen LogP contribution in [0.1, 0.15) is 37.3 Å². The first-order chi connectivity index (χ1) is 16.4. The van der Waals surface area contributed by atoms with Crippen LogP contribution in [0.25, 0.3) is 6.08 Å². The Morgan fingerprint density at radius 3 is 2.74 bits per heavy atom. The monoisotopic (exact) mass is 610 g/mol. The third kappa shape index (κ3) is 4.58. The van der Waals surface area contributed by atoms with E-state index in [0.717, 1.165) is 14.0 Å². The Labute approximate surface area is 218 Å². The lowest BCUT2D eigenvalue weighted by Gasteiger charge is -2.23. The average Bonchev–Trinajstić information content (AvgIpc) is 3.43. The number of fused-ring (bicyclic) bond motifs is 1. The van der Waals surface area contributed by atoms with Crippen LogP contribution in [-0.2, 0) is 9.53 Å². The number of hydrogen-bond acceptors (Lipinski definition) is 8. The minimum absolute atomic E-state index is 0.209. The maximum atomic E-state index is 13.6. The largest absolute Gasteiger partial charge is 0.493 e. The van der Waals surface area contributed by atoms with Gasteiger partial charge < -0.3 is 14.2 Å². The molecule has 0 fully saturated rings. The van der Waals surface area contributed by atoms with Crippen molar-refractivity contribution >= 4 is 57.3 Å². The van der Waals surface area contributed by atoms with E-state index in [1.807, 2.05) is 42.6 Å². The summed E-state index contributed by atoms with van der Waals surface area (Å²) < 4.78 is 19.5. The topological polar surface area (TPSA) is 79.1 Å². The van der Waals surface area contributed by atoms with Gasteiger partial charge in [0.1, 0.15) is 6.04 Å². The third-order valence-electron chi connectivity index (χ3n) is 5.17. The molecule has 1 aromatic carbocycles. The van der Waals surface area contributed by atoms with E-state index >= 15 is 0 Å². The predicted octanol–water partition coefficient (Wildman–Crippen LogP) is 3.87. The van der Waals surface area contributed by atoms with Gasteiger partial charge in [0.25, 0.3) is 5.56 Å². The molecule has 0 unspecified atom stereocenters. The summed E-state index contributed by atoms with van der Waals surface area (Å²) in [7, 11) is 1.59. The summed E-state index contributed by atoms with van der Waals surface area (Å²) in [5.41, 5.74) is 1.55. The molecule has 34 heavy (non-hydrogen) atoms. The van der Waals surface area contributed by atoms with Crippen molar-refractivity contribution in [3.8, 4) is 11.5 Å². The van der Waals surface area contributed by atoms with E-state index < -0.39 is 12.0 Å². The molecular formula is C24H23IN2O5S2. The fraction of sp³-hybridized carbons (Fsp3) is 0.292. The lowest BCUT2D eigenvalue weighted by molar-refractivity contribution is -0.139. The summed E-state index contributed by atoms with van der Waals surface area (Å²) in [4.78, 5) is 32.5. The molecule has 3 heterocycles. The second-order valence-electron chi connectivity index (χ2n) is 7.28. The molecule has 1 atom stereocenters. The number of hydrogen-bond donors (Lipinski definition) is 0. The van der Waals surface area contributed by atoms with Gasteiger partial charge in [-0.1, -0.05) is 17.4 Å². The zero-order valence-electron chi connectivity index (χ0n) is 19.1. The summed E-state index contributed by atoms with van der Waals surface area (Å²) in [5.74, 6) is 0.823. The van der Waals surface area contributed by atoms with Crippen LogP contribution in [0.4, 0.5) is 0 Å². The molecule has 3 aromatic rings. The van der Waals surface area contributed by atoms with Gasteiger partial charge in [-0.2, -0.15) is 0 Å². The number of rotatable bonds is 7. The molecule has 0 amide bonds. The van der Waals surface area contributed by atoms with Gasteiger partial charge in [-0.3, -0.25) is 9.36 Å². The fourth-order valence-electron chi connectivity index (χ4n) is 3.77. The zero-order valence-corrected chi connectivity index (χ0v) is 22.9. The number of thiophene rings is 1. The molecule has 10 heteroatoms. The van der Waals surface area contributed by atoms with Gasteiger partial charge in [0.15, 0.2) is 16.3 Å². The van der Waals surface area contributed by atoms with E-state index in [-0.39, 0.29) is 12.2 Å². The predicted molar refractivity (Wildman–Crippen MR) is 142 cm³/mol. The lowest BCUT2D eigenvalue weighted by atomic mass is 10.0. The molecule has 7 nitrogen and oxygen atoms in total. The number of aromatic nitrogens is 1. The van der Waals surface area contributed by atoms with Gasteiger partial charge in [0.05, 0.1) is 39.7 Å². The van der Waals surface area contributed by atoms with Crippen molar-refractivity contribution in [2.24, 2.45) is 4.99 Å². The minimum Gasteiger partial charge on any atom is -0.493 e. The molecule has 1 aliphatic heterocycles. The molecule has 0 radical (unpaired) electrons. The molecule has 2 aromatic heterocycles. The number of halogens is 1. The molecule has 0 bridgehead atoms. The summed E-state index contributed by atoms with van der Waals surface area (Å²) in [6, 6.07) is 7.04. The Hall–Kier alpha value is -2.44. The van der Waals surface area contributed by atoms with Gasteiger partial charge >= 0.3 is 5.97 Å². The first kappa shape index (κ1) is 24.7. The highest BCUT2D eigenvalue weighted by Gasteiger charge is 2.33. The standard InChI is InChI=1S/C24H23IN2O5S2/c1-5-31-21-15(25)10-14(11-16(21)30-4)12-18-22(28)27-20(17-8-7-9-33-17)19(23(29)32-6-2)13(3)26-24(27)34-18/h7-12,20H,5-6H2,1-4H3/b18-12-/t20-/m1/s1. The maximum absolute atomic E-state index is 13.6. The number of esters is 1. The van der Waals surface area contributed by atoms with Gasteiger partial charge in [-0.15, -0.1) is 11.3 Å². The molecule has 0 N–H and O–H groups in total. The van der Waals surface area contributed by atoms with Crippen LogP contribution in [-0.4, -0.2) is 30.9 Å². The van der Waals surface area contributed by atoms with Crippen LogP contribution in [0, 0.1) is 3.57 Å². The third-order valence-corrected chi connectivity index (χ3v) is 7.88. The van der Waals surface area contributed by atoms with Crippen molar-refractivity contribution in [1.29, 1.82) is 0 Å². The number of benzene rings is 1. The SMILES string of the molecule is CCOC(=O)C1=C(C)N=c2s/c(=C\c3cc(I)c(OCC)c(OC)c3)c(=O)n2[C@@H]1c1cccs1. The number of carbonyl (C=O) groups excluding carboxylic acids is 1. The molecule has 0 saturated carbocycles. The average molecular weight is 610 g/mol. The van der Waals surface area contributed by atoms with Crippen molar-refractivity contribution in [3.05, 3.63) is 74.6 Å². The fourth-order valence-corrected chi connectivity index (χ4v) is 6.42. The minimum atomic E-state index is -0.576. The van der Waals surface area contributed by atoms with Crippen LogP contribution < -0.4 is 24.4 Å². The number of methoxy groups -OCH3 is 1. The van der Waals surface area contributed by atoms with E-state index in [0.29, 0.717) is 38.7 Å². The molecule has 0 spiro atoms. The number of ether oxygens (including phenoxy) is 3. The number of nitrogens with zero attached hydrogens (tertiary/aromatic N) is 2. The number of carbonyl (C=O) groups is 1. The molecule has 1 aliphatic rings. The smallest absolute Gasteiger partial charge is 0.338 e. The van der Waals surface area contributed by atoms with Crippen molar-refractivity contribution in [2.45, 2.75) is 26.8 Å². The van der Waals surface area contributed by atoms with E-state index in [4.69, 9.17) is 14.2 Å². The Kier molecular flexibility index (Phi) is 7.58. The van der Waals surface area contributed by atoms with Crippen LogP contribution in [0.3, 0.4) is 0 Å². The summed E-state index contributed by atoms with van der Waals surface area (Å²) in [6.07, 6.45) is 1.82. The molecule has 178 valence electrons. The summed E-state index contributed by atoms with van der Waals surface area (Å²) in [5, 5.41) is 1.93. The lowest BCUT2D eigenvalue weighted by Crippen LogP contribution is -2.39. The normalized spacial score (nSPS) is 15.7. The van der Waals surface area contributed by atoms with Gasteiger partial charge in [0.2, 0.25) is 0 Å². The second kappa shape index (κ2) is 10.4. The molecule has 0 saturated heterocycles. The van der Waals surface area contributed by atoms with Crippen LogP contribution in [0.5, 0.6) is 11.5 Å². The second-order valence-corrected chi connectivity index (χ2v) is 10.4. The van der Waals surface area contributed by atoms with Gasteiger partial charge in [-0.25, -0.2) is 9.79 Å². The van der Waals surface area contributed by atoms with Crippen molar-refractivity contribution in [3.63, 3.8) is 0 Å². The summed E-state index contributed by atoms with van der Waals surface area (Å²) >= 11 is 4.98. The first-order valence-electron chi connectivity index (χ1n) is 10.6. The summed E-state index contributed by atoms with van der Waals surface area (Å²) in [6.45, 7) is 6.23. The van der Waals surface area contributed by atoms with E-state index in [2.05, 4.69) is 27.6 Å². The Balaban J connectivity index is 1.90. The van der Waals surface area contributed by atoms with Crippen LogP contribution in [0.2, 0.25) is 0 Å².